The predicted molar refractivity (Wildman–Crippen MR) is 122 cm³/mol. The number of hydrogen-bond donors (Lipinski definition) is 2. The Kier molecular flexibility index (Phi) is 7.63. The van der Waals surface area contributed by atoms with Crippen molar-refractivity contribution < 1.29 is 18.8 Å². The highest BCUT2D eigenvalue weighted by Crippen LogP contribution is 2.21. The number of benzene rings is 2. The van der Waals surface area contributed by atoms with Crippen LogP contribution in [0.15, 0.2) is 47.6 Å². The monoisotopic (exact) mass is 427 g/mol. The number of nitrogens with one attached hydrogen (secondary N) is 2. The summed E-state index contributed by atoms with van der Waals surface area (Å²) in [6.45, 7) is 12.7. The van der Waals surface area contributed by atoms with E-state index in [2.05, 4.69) is 22.4 Å². The second-order valence-corrected chi connectivity index (χ2v) is 8.09. The molecule has 7 heteroatoms. The average molecular weight is 428 g/mol. The molecule has 0 aromatic heterocycles. The van der Waals surface area contributed by atoms with Gasteiger partial charge in [0.15, 0.2) is 0 Å². The number of quaternary nitrogens is 1. The molecule has 31 heavy (non-hydrogen) atoms. The third-order valence-corrected chi connectivity index (χ3v) is 5.49. The number of anilines is 1. The highest BCUT2D eigenvalue weighted by atomic mass is 19.1. The van der Waals surface area contributed by atoms with Gasteiger partial charge >= 0.3 is 0 Å². The van der Waals surface area contributed by atoms with E-state index < -0.39 is 0 Å². The maximum Gasteiger partial charge on any atom is 0.271 e. The first kappa shape index (κ1) is 22.7. The van der Waals surface area contributed by atoms with Crippen LogP contribution in [0.1, 0.15) is 43.6 Å². The van der Waals surface area contributed by atoms with Gasteiger partial charge in [0.05, 0.1) is 50.2 Å². The number of rotatable bonds is 7. The molecule has 0 radical (unpaired) electrons. The van der Waals surface area contributed by atoms with E-state index in [-0.39, 0.29) is 17.8 Å². The van der Waals surface area contributed by atoms with Gasteiger partial charge in [0.1, 0.15) is 11.6 Å². The zero-order chi connectivity index (χ0) is 22.4. The van der Waals surface area contributed by atoms with Crippen LogP contribution in [0.5, 0.6) is 5.75 Å². The minimum atomic E-state index is -0.330. The van der Waals surface area contributed by atoms with Crippen LogP contribution in [-0.4, -0.2) is 50.4 Å². The molecule has 0 atom stereocenters. The van der Waals surface area contributed by atoms with Crippen molar-refractivity contribution in [2.24, 2.45) is 5.10 Å². The van der Waals surface area contributed by atoms with Crippen LogP contribution in [0.4, 0.5) is 10.1 Å². The third-order valence-electron chi connectivity index (χ3n) is 5.49. The molecule has 3 rings (SSSR count). The van der Waals surface area contributed by atoms with Gasteiger partial charge in [-0.3, -0.25) is 4.79 Å². The summed E-state index contributed by atoms with van der Waals surface area (Å²) in [7, 11) is 0. The molecule has 1 amide bonds. The second-order valence-electron chi connectivity index (χ2n) is 8.09. The number of carbonyl (C=O) groups is 1. The van der Waals surface area contributed by atoms with Crippen molar-refractivity contribution >= 4 is 17.3 Å². The molecule has 2 aromatic rings. The van der Waals surface area contributed by atoms with Gasteiger partial charge in [-0.15, -0.1) is 0 Å². The fourth-order valence-corrected chi connectivity index (χ4v) is 3.63. The number of nitrogens with zero attached hydrogens (tertiary/aromatic N) is 2. The van der Waals surface area contributed by atoms with E-state index in [1.54, 1.807) is 42.2 Å². The first-order valence-electron chi connectivity index (χ1n) is 10.9. The zero-order valence-electron chi connectivity index (χ0n) is 18.7. The van der Waals surface area contributed by atoms with Gasteiger partial charge in [-0.2, -0.15) is 5.10 Å². The van der Waals surface area contributed by atoms with Gasteiger partial charge in [-0.25, -0.2) is 9.82 Å². The summed E-state index contributed by atoms with van der Waals surface area (Å²) in [5.41, 5.74) is 4.82. The van der Waals surface area contributed by atoms with Crippen LogP contribution in [0.3, 0.4) is 0 Å². The van der Waals surface area contributed by atoms with E-state index in [4.69, 9.17) is 4.74 Å². The van der Waals surface area contributed by atoms with Crippen molar-refractivity contribution in [3.8, 4) is 5.75 Å². The number of carbonyl (C=O) groups excluding carboxylic acids is 1. The molecular weight excluding hydrogens is 395 g/mol. The zero-order valence-corrected chi connectivity index (χ0v) is 18.7. The summed E-state index contributed by atoms with van der Waals surface area (Å²) >= 11 is 0. The molecule has 0 spiro atoms. The Morgan fingerprint density at radius 3 is 2.39 bits per heavy atom. The minimum absolute atomic E-state index is 0.0702. The maximum atomic E-state index is 14.8. The third kappa shape index (κ3) is 6.04. The Bertz CT molecular complexity index is 920. The van der Waals surface area contributed by atoms with E-state index in [0.29, 0.717) is 28.3 Å². The van der Waals surface area contributed by atoms with Crippen LogP contribution in [0.2, 0.25) is 0 Å². The number of likely N-dealkylation sites (N-methyl/N-ethyl adjacent to an activating group) is 1. The lowest BCUT2D eigenvalue weighted by Gasteiger charge is -2.33. The van der Waals surface area contributed by atoms with E-state index >= 15 is 0 Å². The van der Waals surface area contributed by atoms with Crippen LogP contribution < -0.4 is 20.0 Å². The molecule has 166 valence electrons. The molecule has 1 fully saturated rings. The highest BCUT2D eigenvalue weighted by molar-refractivity contribution is 6.01. The number of hydrogen-bond acceptors (Lipinski definition) is 4. The van der Waals surface area contributed by atoms with E-state index in [1.807, 2.05) is 19.9 Å². The Hall–Kier alpha value is -2.93. The maximum absolute atomic E-state index is 14.8. The summed E-state index contributed by atoms with van der Waals surface area (Å²) in [6, 6.07) is 12.0. The normalized spacial score (nSPS) is 15.3. The molecule has 0 aliphatic carbocycles. The Labute approximate surface area is 183 Å². The summed E-state index contributed by atoms with van der Waals surface area (Å²) < 4.78 is 20.3. The van der Waals surface area contributed by atoms with Crippen LogP contribution in [-0.2, 0) is 0 Å². The SMILES string of the molecule is CC[NH+]1CCN(c2ccc(/C(C)=N\NC(=O)c3ccc(OC(C)C)cc3)cc2F)CC1. The van der Waals surface area contributed by atoms with Gasteiger partial charge in [-0.1, -0.05) is 6.07 Å². The summed E-state index contributed by atoms with van der Waals surface area (Å²) in [5, 5.41) is 4.15. The van der Waals surface area contributed by atoms with E-state index in [1.165, 1.54) is 6.07 Å². The number of amides is 1. The molecule has 1 heterocycles. The Morgan fingerprint density at radius 1 is 1.16 bits per heavy atom. The average Bonchev–Trinajstić information content (AvgIpc) is 2.77. The van der Waals surface area contributed by atoms with Crippen molar-refractivity contribution in [2.75, 3.05) is 37.6 Å². The number of halogens is 1. The predicted octanol–water partition coefficient (Wildman–Crippen LogP) is 2.49. The van der Waals surface area contributed by atoms with Crippen molar-refractivity contribution in [1.29, 1.82) is 0 Å². The van der Waals surface area contributed by atoms with Gasteiger partial charge in [0.2, 0.25) is 0 Å². The molecule has 1 aliphatic heterocycles. The molecule has 0 bridgehead atoms. The fraction of sp³-hybridized carbons (Fsp3) is 0.417. The molecular formula is C24H32FN4O2+. The largest absolute Gasteiger partial charge is 0.491 e. The molecule has 1 aliphatic rings. The summed E-state index contributed by atoms with van der Waals surface area (Å²) in [5.74, 6) is 0.113. The van der Waals surface area contributed by atoms with Crippen molar-refractivity contribution in [3.05, 3.63) is 59.4 Å². The molecule has 1 saturated heterocycles. The van der Waals surface area contributed by atoms with Gasteiger partial charge < -0.3 is 14.5 Å². The van der Waals surface area contributed by atoms with Crippen molar-refractivity contribution in [1.82, 2.24) is 5.43 Å². The Balaban J connectivity index is 1.62. The molecule has 6 nitrogen and oxygen atoms in total. The standard InChI is InChI=1S/C24H31FN4O2/c1-5-28-12-14-29(15-13-28)23-11-8-20(16-22(23)25)18(4)26-27-24(30)19-6-9-21(10-7-19)31-17(2)3/h6-11,16-17H,5,12-15H2,1-4H3,(H,27,30)/p+1/b26-18-. The first-order chi connectivity index (χ1) is 14.9. The van der Waals surface area contributed by atoms with Crippen LogP contribution in [0.25, 0.3) is 0 Å². The molecule has 0 unspecified atom stereocenters. The lowest BCUT2D eigenvalue weighted by molar-refractivity contribution is -0.898. The smallest absolute Gasteiger partial charge is 0.271 e. The number of ether oxygens (including phenoxy) is 1. The second kappa shape index (κ2) is 10.4. The van der Waals surface area contributed by atoms with Crippen molar-refractivity contribution in [2.45, 2.75) is 33.8 Å². The topological polar surface area (TPSA) is 58.4 Å². The number of piperazine rings is 1. The Morgan fingerprint density at radius 2 is 1.81 bits per heavy atom. The lowest BCUT2D eigenvalue weighted by Crippen LogP contribution is -3.14. The van der Waals surface area contributed by atoms with E-state index in [0.717, 1.165) is 32.7 Å². The lowest BCUT2D eigenvalue weighted by atomic mass is 10.1. The van der Waals surface area contributed by atoms with Gasteiger partial charge in [0, 0.05) is 11.1 Å². The highest BCUT2D eigenvalue weighted by Gasteiger charge is 2.21. The fourth-order valence-electron chi connectivity index (χ4n) is 3.63. The van der Waals surface area contributed by atoms with Gasteiger partial charge in [0.25, 0.3) is 5.91 Å². The first-order valence-corrected chi connectivity index (χ1v) is 10.9. The van der Waals surface area contributed by atoms with Crippen LogP contribution in [0, 0.1) is 5.82 Å². The van der Waals surface area contributed by atoms with Crippen LogP contribution >= 0.6 is 0 Å². The summed E-state index contributed by atoms with van der Waals surface area (Å²) in [6.07, 6.45) is 0.0702. The molecule has 2 aromatic carbocycles. The van der Waals surface area contributed by atoms with Crippen molar-refractivity contribution in [3.63, 3.8) is 0 Å². The summed E-state index contributed by atoms with van der Waals surface area (Å²) in [4.78, 5) is 16.0. The minimum Gasteiger partial charge on any atom is -0.491 e. The molecule has 0 saturated carbocycles. The van der Waals surface area contributed by atoms with Gasteiger partial charge in [-0.05, 0) is 64.1 Å². The van der Waals surface area contributed by atoms with E-state index in [9.17, 15) is 9.18 Å². The number of hydrazone groups is 1. The molecule has 2 N–H and O–H groups in total. The quantitative estimate of drug-likeness (QED) is 0.527.